The van der Waals surface area contributed by atoms with Crippen molar-refractivity contribution in [1.29, 1.82) is 0 Å². The van der Waals surface area contributed by atoms with Crippen molar-refractivity contribution in [3.63, 3.8) is 0 Å². The summed E-state index contributed by atoms with van der Waals surface area (Å²) < 4.78 is 0. The normalized spacial score (nSPS) is 18.2. The molecule has 0 radical (unpaired) electrons. The third-order valence-corrected chi connectivity index (χ3v) is 5.10. The highest BCUT2D eigenvalue weighted by Gasteiger charge is 2.27. The number of hydrogen-bond donors (Lipinski definition) is 2. The van der Waals surface area contributed by atoms with Gasteiger partial charge in [0.25, 0.3) is 5.91 Å². The van der Waals surface area contributed by atoms with E-state index < -0.39 is 5.91 Å². The van der Waals surface area contributed by atoms with E-state index in [9.17, 15) is 4.79 Å². The SMILES string of the molecule is Cc1ccncc1C(C)N[C@@H]1CCN(c2nc(C(N)=O)nc(C)c2C)C1. The monoisotopic (exact) mass is 354 g/mol. The van der Waals surface area contributed by atoms with E-state index in [1.807, 2.05) is 32.3 Å². The highest BCUT2D eigenvalue weighted by Crippen LogP contribution is 2.25. The summed E-state index contributed by atoms with van der Waals surface area (Å²) in [5, 5.41) is 3.69. The van der Waals surface area contributed by atoms with Crippen LogP contribution in [-0.4, -0.2) is 40.0 Å². The number of aromatic nitrogens is 3. The molecule has 138 valence electrons. The van der Waals surface area contributed by atoms with Crippen molar-refractivity contribution < 1.29 is 4.79 Å². The van der Waals surface area contributed by atoms with Crippen LogP contribution < -0.4 is 16.0 Å². The van der Waals surface area contributed by atoms with Gasteiger partial charge < -0.3 is 16.0 Å². The average Bonchev–Trinajstić information content (AvgIpc) is 3.05. The fraction of sp³-hybridized carbons (Fsp3) is 0.474. The summed E-state index contributed by atoms with van der Waals surface area (Å²) in [7, 11) is 0. The number of anilines is 1. The first-order chi connectivity index (χ1) is 12.4. The Morgan fingerprint density at radius 1 is 1.35 bits per heavy atom. The van der Waals surface area contributed by atoms with Gasteiger partial charge in [0.1, 0.15) is 5.82 Å². The predicted octanol–water partition coefficient (Wildman–Crippen LogP) is 1.83. The molecule has 3 heterocycles. The molecule has 3 N–H and O–H groups in total. The molecule has 26 heavy (non-hydrogen) atoms. The summed E-state index contributed by atoms with van der Waals surface area (Å²) in [5.74, 6) is 0.295. The molecule has 0 aliphatic carbocycles. The van der Waals surface area contributed by atoms with E-state index >= 15 is 0 Å². The Bertz CT molecular complexity index is 822. The van der Waals surface area contributed by atoms with E-state index in [1.54, 1.807) is 0 Å². The van der Waals surface area contributed by atoms with Crippen molar-refractivity contribution in [3.8, 4) is 0 Å². The van der Waals surface area contributed by atoms with Gasteiger partial charge in [-0.15, -0.1) is 0 Å². The van der Waals surface area contributed by atoms with Crippen LogP contribution in [0.5, 0.6) is 0 Å². The summed E-state index contributed by atoms with van der Waals surface area (Å²) in [6.07, 6.45) is 4.76. The predicted molar refractivity (Wildman–Crippen MR) is 101 cm³/mol. The molecule has 1 aliphatic rings. The topological polar surface area (TPSA) is 97.0 Å². The van der Waals surface area contributed by atoms with Crippen LogP contribution in [0.15, 0.2) is 18.5 Å². The first kappa shape index (κ1) is 18.3. The Hall–Kier alpha value is -2.54. The number of nitrogens with one attached hydrogen (secondary N) is 1. The molecule has 2 aromatic rings. The fourth-order valence-electron chi connectivity index (χ4n) is 3.49. The standard InChI is InChI=1S/C19H26N6O/c1-11-5-7-21-9-16(11)14(4)22-15-6-8-25(10-15)19-12(2)13(3)23-18(24-19)17(20)26/h5,7,9,14-15,22H,6,8,10H2,1-4H3,(H2,20,26)/t14?,15-/m1/s1. The fourth-order valence-corrected chi connectivity index (χ4v) is 3.49. The van der Waals surface area contributed by atoms with Gasteiger partial charge in [-0.2, -0.15) is 0 Å². The number of amides is 1. The Morgan fingerprint density at radius 2 is 2.12 bits per heavy atom. The lowest BCUT2D eigenvalue weighted by Crippen LogP contribution is -2.35. The largest absolute Gasteiger partial charge is 0.363 e. The molecule has 2 atom stereocenters. The maximum absolute atomic E-state index is 11.5. The zero-order valence-electron chi connectivity index (χ0n) is 15.8. The van der Waals surface area contributed by atoms with Gasteiger partial charge >= 0.3 is 0 Å². The molecule has 1 fully saturated rings. The number of hydrogen-bond acceptors (Lipinski definition) is 6. The van der Waals surface area contributed by atoms with Crippen LogP contribution in [0.2, 0.25) is 0 Å². The third kappa shape index (κ3) is 3.67. The van der Waals surface area contributed by atoms with Gasteiger partial charge in [0.15, 0.2) is 0 Å². The van der Waals surface area contributed by atoms with Gasteiger partial charge in [0, 0.05) is 48.8 Å². The lowest BCUT2D eigenvalue weighted by atomic mass is 10.0. The average molecular weight is 354 g/mol. The second-order valence-corrected chi connectivity index (χ2v) is 7.00. The lowest BCUT2D eigenvalue weighted by molar-refractivity contribution is 0.0990. The molecule has 1 amide bonds. The van der Waals surface area contributed by atoms with Gasteiger partial charge in [-0.05, 0) is 51.3 Å². The molecule has 0 bridgehead atoms. The van der Waals surface area contributed by atoms with Crippen molar-refractivity contribution in [2.24, 2.45) is 5.73 Å². The summed E-state index contributed by atoms with van der Waals surface area (Å²) in [5.41, 5.74) is 9.61. The smallest absolute Gasteiger partial charge is 0.286 e. The molecule has 1 unspecified atom stereocenters. The second-order valence-electron chi connectivity index (χ2n) is 7.00. The van der Waals surface area contributed by atoms with E-state index in [0.717, 1.165) is 36.6 Å². The van der Waals surface area contributed by atoms with E-state index in [4.69, 9.17) is 5.73 Å². The van der Waals surface area contributed by atoms with Crippen molar-refractivity contribution >= 4 is 11.7 Å². The molecular formula is C19H26N6O. The number of rotatable bonds is 5. The summed E-state index contributed by atoms with van der Waals surface area (Å²) in [6.45, 7) is 9.85. The van der Waals surface area contributed by atoms with E-state index in [2.05, 4.69) is 39.0 Å². The maximum Gasteiger partial charge on any atom is 0.286 e. The summed E-state index contributed by atoms with van der Waals surface area (Å²) in [6, 6.07) is 2.60. The minimum Gasteiger partial charge on any atom is -0.363 e. The first-order valence-corrected chi connectivity index (χ1v) is 8.93. The number of primary amides is 1. The maximum atomic E-state index is 11.5. The third-order valence-electron chi connectivity index (χ3n) is 5.10. The van der Waals surface area contributed by atoms with Crippen molar-refractivity contribution in [3.05, 3.63) is 46.7 Å². The van der Waals surface area contributed by atoms with Crippen LogP contribution in [-0.2, 0) is 0 Å². The number of aryl methyl sites for hydroxylation is 2. The van der Waals surface area contributed by atoms with Crippen LogP contribution in [0.1, 0.15) is 52.4 Å². The summed E-state index contributed by atoms with van der Waals surface area (Å²) >= 11 is 0. The number of nitrogens with zero attached hydrogens (tertiary/aromatic N) is 4. The molecule has 7 heteroatoms. The first-order valence-electron chi connectivity index (χ1n) is 8.93. The van der Waals surface area contributed by atoms with Crippen molar-refractivity contribution in [2.75, 3.05) is 18.0 Å². The number of nitrogens with two attached hydrogens (primary N) is 1. The van der Waals surface area contributed by atoms with Crippen LogP contribution in [0, 0.1) is 20.8 Å². The van der Waals surface area contributed by atoms with E-state index in [1.165, 1.54) is 11.1 Å². The molecule has 0 aromatic carbocycles. The second kappa shape index (κ2) is 7.37. The van der Waals surface area contributed by atoms with Gasteiger partial charge in [-0.1, -0.05) is 0 Å². The zero-order chi connectivity index (χ0) is 18.8. The molecule has 1 saturated heterocycles. The number of carbonyl (C=O) groups excluding carboxylic acids is 1. The molecular weight excluding hydrogens is 328 g/mol. The van der Waals surface area contributed by atoms with Crippen LogP contribution in [0.3, 0.4) is 0 Å². The summed E-state index contributed by atoms with van der Waals surface area (Å²) in [4.78, 5) is 26.5. The molecule has 2 aromatic heterocycles. The van der Waals surface area contributed by atoms with Gasteiger partial charge in [0.05, 0.1) is 0 Å². The molecule has 7 nitrogen and oxygen atoms in total. The zero-order valence-corrected chi connectivity index (χ0v) is 15.8. The van der Waals surface area contributed by atoms with E-state index in [0.29, 0.717) is 6.04 Å². The highest BCUT2D eigenvalue weighted by molar-refractivity contribution is 5.89. The van der Waals surface area contributed by atoms with Crippen LogP contribution >= 0.6 is 0 Å². The van der Waals surface area contributed by atoms with Crippen LogP contribution in [0.4, 0.5) is 5.82 Å². The van der Waals surface area contributed by atoms with Crippen LogP contribution in [0.25, 0.3) is 0 Å². The van der Waals surface area contributed by atoms with E-state index in [-0.39, 0.29) is 11.9 Å². The van der Waals surface area contributed by atoms with Crippen molar-refractivity contribution in [1.82, 2.24) is 20.3 Å². The minimum absolute atomic E-state index is 0.0823. The number of carbonyl (C=O) groups is 1. The Morgan fingerprint density at radius 3 is 2.81 bits per heavy atom. The van der Waals surface area contributed by atoms with Gasteiger partial charge in [0.2, 0.25) is 5.82 Å². The number of pyridine rings is 1. The molecule has 3 rings (SSSR count). The Labute approximate surface area is 154 Å². The Balaban J connectivity index is 1.73. The lowest BCUT2D eigenvalue weighted by Gasteiger charge is -2.23. The Kier molecular flexibility index (Phi) is 5.18. The molecule has 0 spiro atoms. The van der Waals surface area contributed by atoms with Gasteiger partial charge in [-0.3, -0.25) is 9.78 Å². The van der Waals surface area contributed by atoms with Crippen molar-refractivity contribution in [2.45, 2.75) is 46.2 Å². The molecule has 1 aliphatic heterocycles. The van der Waals surface area contributed by atoms with Gasteiger partial charge in [-0.25, -0.2) is 9.97 Å². The quantitative estimate of drug-likeness (QED) is 0.850. The highest BCUT2D eigenvalue weighted by atomic mass is 16.1. The minimum atomic E-state index is -0.594. The molecule has 0 saturated carbocycles.